The molecular formula is C18H28N4O3. The molecule has 3 heterocycles. The summed E-state index contributed by atoms with van der Waals surface area (Å²) in [5.74, 6) is 0.0671. The Bertz CT molecular complexity index is 595. The first kappa shape index (κ1) is 17.8. The fourth-order valence-electron chi connectivity index (χ4n) is 3.65. The van der Waals surface area contributed by atoms with E-state index in [0.29, 0.717) is 13.0 Å². The van der Waals surface area contributed by atoms with Crippen molar-refractivity contribution in [2.75, 3.05) is 26.2 Å². The van der Waals surface area contributed by atoms with Crippen molar-refractivity contribution >= 4 is 12.0 Å². The van der Waals surface area contributed by atoms with E-state index in [4.69, 9.17) is 4.74 Å². The first-order valence-corrected chi connectivity index (χ1v) is 9.33. The van der Waals surface area contributed by atoms with Gasteiger partial charge in [-0.15, -0.1) is 0 Å². The van der Waals surface area contributed by atoms with Gasteiger partial charge in [0.15, 0.2) is 0 Å². The van der Waals surface area contributed by atoms with Gasteiger partial charge in [-0.1, -0.05) is 0 Å². The monoisotopic (exact) mass is 348 g/mol. The third-order valence-electron chi connectivity index (χ3n) is 5.06. The summed E-state index contributed by atoms with van der Waals surface area (Å²) in [5.41, 5.74) is 0.780. The predicted molar refractivity (Wildman–Crippen MR) is 93.0 cm³/mol. The van der Waals surface area contributed by atoms with Crippen molar-refractivity contribution in [3.8, 4) is 0 Å². The smallest absolute Gasteiger partial charge is 0.409 e. The van der Waals surface area contributed by atoms with E-state index in [1.165, 1.54) is 6.42 Å². The van der Waals surface area contributed by atoms with Crippen molar-refractivity contribution < 1.29 is 14.3 Å². The standard InChI is InChI=1S/C18H28N4O3/c1-20-12-8-15(19-20)13-17(23)22-11-6-3-7-16(22)14-25-18(24)21-9-4-2-5-10-21/h8,12,16H,2-7,9-11,13-14H2,1H3. The van der Waals surface area contributed by atoms with Crippen molar-refractivity contribution in [2.24, 2.45) is 7.05 Å². The topological polar surface area (TPSA) is 67.7 Å². The minimum absolute atomic E-state index is 0.0151. The van der Waals surface area contributed by atoms with E-state index in [9.17, 15) is 9.59 Å². The lowest BCUT2D eigenvalue weighted by Crippen LogP contribution is -2.48. The van der Waals surface area contributed by atoms with Crippen LogP contribution in [0.4, 0.5) is 4.79 Å². The van der Waals surface area contributed by atoms with Gasteiger partial charge in [0.1, 0.15) is 6.61 Å². The highest BCUT2D eigenvalue weighted by Crippen LogP contribution is 2.19. The van der Waals surface area contributed by atoms with Crippen LogP contribution in [0.2, 0.25) is 0 Å². The van der Waals surface area contributed by atoms with Crippen LogP contribution in [0.25, 0.3) is 0 Å². The number of piperidine rings is 2. The zero-order valence-corrected chi connectivity index (χ0v) is 15.0. The molecule has 1 unspecified atom stereocenters. The summed E-state index contributed by atoms with van der Waals surface area (Å²) in [4.78, 5) is 28.5. The summed E-state index contributed by atoms with van der Waals surface area (Å²) in [5, 5.41) is 4.28. The Morgan fingerprint density at radius 3 is 2.64 bits per heavy atom. The van der Waals surface area contributed by atoms with Crippen LogP contribution in [0.1, 0.15) is 44.2 Å². The summed E-state index contributed by atoms with van der Waals surface area (Å²) in [6.07, 6.45) is 8.16. The Kier molecular flexibility index (Phi) is 5.94. The summed E-state index contributed by atoms with van der Waals surface area (Å²) < 4.78 is 7.23. The molecule has 0 N–H and O–H groups in total. The molecule has 0 aromatic carbocycles. The minimum atomic E-state index is -0.234. The lowest BCUT2D eigenvalue weighted by Gasteiger charge is -2.36. The molecule has 0 aliphatic carbocycles. The van der Waals surface area contributed by atoms with Crippen molar-refractivity contribution in [1.29, 1.82) is 0 Å². The third kappa shape index (κ3) is 4.74. The van der Waals surface area contributed by atoms with Gasteiger partial charge in [-0.2, -0.15) is 5.10 Å². The number of carbonyl (C=O) groups is 2. The maximum atomic E-state index is 12.7. The van der Waals surface area contributed by atoms with E-state index in [-0.39, 0.29) is 18.0 Å². The highest BCUT2D eigenvalue weighted by Gasteiger charge is 2.29. The van der Waals surface area contributed by atoms with E-state index in [0.717, 1.165) is 57.4 Å². The minimum Gasteiger partial charge on any atom is -0.447 e. The first-order valence-electron chi connectivity index (χ1n) is 9.33. The average Bonchev–Trinajstić information content (AvgIpc) is 3.05. The normalized spacial score (nSPS) is 21.2. The number of carbonyl (C=O) groups excluding carboxylic acids is 2. The summed E-state index contributed by atoms with van der Waals surface area (Å²) in [7, 11) is 1.84. The molecule has 3 rings (SSSR count). The number of nitrogens with zero attached hydrogens (tertiary/aromatic N) is 4. The van der Waals surface area contributed by atoms with Gasteiger partial charge in [-0.05, 0) is 44.6 Å². The van der Waals surface area contributed by atoms with Gasteiger partial charge in [0.05, 0.1) is 18.2 Å². The Labute approximate surface area is 148 Å². The maximum Gasteiger partial charge on any atom is 0.409 e. The molecule has 2 aliphatic heterocycles. The van der Waals surface area contributed by atoms with E-state index >= 15 is 0 Å². The van der Waals surface area contributed by atoms with Crippen LogP contribution in [0.15, 0.2) is 12.3 Å². The molecule has 2 aliphatic rings. The molecule has 0 bridgehead atoms. The van der Waals surface area contributed by atoms with Crippen LogP contribution >= 0.6 is 0 Å². The number of hydrogen-bond acceptors (Lipinski definition) is 4. The number of aryl methyl sites for hydroxylation is 1. The molecule has 2 amide bonds. The van der Waals surface area contributed by atoms with Crippen molar-refractivity contribution in [1.82, 2.24) is 19.6 Å². The second-order valence-corrected chi connectivity index (χ2v) is 7.02. The van der Waals surface area contributed by atoms with Crippen LogP contribution in [-0.2, 0) is 23.0 Å². The van der Waals surface area contributed by atoms with Crippen molar-refractivity contribution in [3.63, 3.8) is 0 Å². The molecule has 1 atom stereocenters. The molecule has 138 valence electrons. The molecule has 2 fully saturated rings. The van der Waals surface area contributed by atoms with E-state index in [2.05, 4.69) is 5.10 Å². The largest absolute Gasteiger partial charge is 0.447 e. The molecule has 7 nitrogen and oxygen atoms in total. The Balaban J connectivity index is 1.53. The lowest BCUT2D eigenvalue weighted by molar-refractivity contribution is -0.135. The molecule has 0 radical (unpaired) electrons. The number of amides is 2. The quantitative estimate of drug-likeness (QED) is 0.834. The van der Waals surface area contributed by atoms with Crippen molar-refractivity contribution in [3.05, 3.63) is 18.0 Å². The van der Waals surface area contributed by atoms with Gasteiger partial charge in [0.2, 0.25) is 5.91 Å². The molecule has 0 spiro atoms. The number of hydrogen-bond donors (Lipinski definition) is 0. The average molecular weight is 348 g/mol. The van der Waals surface area contributed by atoms with Gasteiger partial charge in [0.25, 0.3) is 0 Å². The van der Waals surface area contributed by atoms with Gasteiger partial charge < -0.3 is 14.5 Å². The highest BCUT2D eigenvalue weighted by molar-refractivity contribution is 5.78. The second kappa shape index (κ2) is 8.36. The van der Waals surface area contributed by atoms with Crippen LogP contribution < -0.4 is 0 Å². The van der Waals surface area contributed by atoms with Crippen LogP contribution in [0.3, 0.4) is 0 Å². The summed E-state index contributed by atoms with van der Waals surface area (Å²) in [6.45, 7) is 2.60. The zero-order valence-electron chi connectivity index (χ0n) is 15.0. The van der Waals surface area contributed by atoms with Crippen molar-refractivity contribution in [2.45, 2.75) is 51.0 Å². The van der Waals surface area contributed by atoms with E-state index in [1.54, 1.807) is 9.58 Å². The fraction of sp³-hybridized carbons (Fsp3) is 0.722. The second-order valence-electron chi connectivity index (χ2n) is 7.02. The van der Waals surface area contributed by atoms with E-state index < -0.39 is 0 Å². The summed E-state index contributed by atoms with van der Waals surface area (Å²) in [6, 6.07) is 1.85. The lowest BCUT2D eigenvalue weighted by atomic mass is 10.0. The highest BCUT2D eigenvalue weighted by atomic mass is 16.6. The number of ether oxygens (including phenoxy) is 1. The SMILES string of the molecule is Cn1ccc(CC(=O)N2CCCCC2COC(=O)N2CCCCC2)n1. The Hall–Kier alpha value is -2.05. The van der Waals surface area contributed by atoms with Gasteiger partial charge in [-0.25, -0.2) is 4.79 Å². The van der Waals surface area contributed by atoms with Gasteiger partial charge in [-0.3, -0.25) is 9.48 Å². The zero-order chi connectivity index (χ0) is 17.6. The Morgan fingerprint density at radius 2 is 1.92 bits per heavy atom. The van der Waals surface area contributed by atoms with Crippen LogP contribution in [0.5, 0.6) is 0 Å². The molecular weight excluding hydrogens is 320 g/mol. The molecule has 0 saturated carbocycles. The third-order valence-corrected chi connectivity index (χ3v) is 5.06. The number of aromatic nitrogens is 2. The Morgan fingerprint density at radius 1 is 1.16 bits per heavy atom. The van der Waals surface area contributed by atoms with Crippen LogP contribution in [-0.4, -0.2) is 63.9 Å². The maximum absolute atomic E-state index is 12.7. The van der Waals surface area contributed by atoms with Crippen LogP contribution in [0, 0.1) is 0 Å². The molecule has 1 aromatic heterocycles. The van der Waals surface area contributed by atoms with Gasteiger partial charge in [0, 0.05) is 32.9 Å². The number of rotatable bonds is 4. The molecule has 7 heteroatoms. The molecule has 25 heavy (non-hydrogen) atoms. The fourth-order valence-corrected chi connectivity index (χ4v) is 3.65. The molecule has 2 saturated heterocycles. The summed E-state index contributed by atoms with van der Waals surface area (Å²) >= 11 is 0. The van der Waals surface area contributed by atoms with E-state index in [1.807, 2.05) is 24.2 Å². The molecule has 1 aromatic rings. The first-order chi connectivity index (χ1) is 12.1. The van der Waals surface area contributed by atoms with Gasteiger partial charge >= 0.3 is 6.09 Å². The number of likely N-dealkylation sites (tertiary alicyclic amines) is 2. The predicted octanol–water partition coefficient (Wildman–Crippen LogP) is 1.97.